The van der Waals surface area contributed by atoms with E-state index in [1.54, 1.807) is 0 Å². The number of pyridine rings is 1. The van der Waals surface area contributed by atoms with E-state index in [2.05, 4.69) is 30.3 Å². The maximum Gasteiger partial charge on any atom is 0.306 e. The quantitative estimate of drug-likeness (QED) is 0.170. The summed E-state index contributed by atoms with van der Waals surface area (Å²) in [4.78, 5) is 16.6. The molecule has 0 radical (unpaired) electrons. The van der Waals surface area contributed by atoms with Crippen LogP contribution < -0.4 is 4.74 Å². The van der Waals surface area contributed by atoms with Crippen LogP contribution >= 0.6 is 0 Å². The van der Waals surface area contributed by atoms with Crippen LogP contribution in [0.4, 0.5) is 0 Å². The van der Waals surface area contributed by atoms with Gasteiger partial charge in [-0.1, -0.05) is 36.4 Å². The lowest BCUT2D eigenvalue weighted by molar-refractivity contribution is -0.143. The zero-order chi connectivity index (χ0) is 27.1. The molecule has 0 amide bonds. The van der Waals surface area contributed by atoms with Crippen molar-refractivity contribution in [3.8, 4) is 28.1 Å². The summed E-state index contributed by atoms with van der Waals surface area (Å²) < 4.78 is 33.4. The van der Waals surface area contributed by atoms with Crippen LogP contribution in [0.2, 0.25) is 0 Å². The van der Waals surface area contributed by atoms with E-state index < -0.39 is 9.84 Å². The van der Waals surface area contributed by atoms with Gasteiger partial charge >= 0.3 is 5.97 Å². The Hall–Kier alpha value is -3.71. The summed E-state index contributed by atoms with van der Waals surface area (Å²) in [5, 5.41) is 1.04. The van der Waals surface area contributed by atoms with Gasteiger partial charge in [0.25, 0.3) is 0 Å². The molecule has 6 nitrogen and oxygen atoms in total. The fourth-order valence-corrected chi connectivity index (χ4v) is 5.02. The Bertz CT molecular complexity index is 1550. The van der Waals surface area contributed by atoms with Crippen LogP contribution in [0.1, 0.15) is 30.9 Å². The number of rotatable bonds is 11. The molecule has 198 valence electrons. The number of hydrogen-bond donors (Lipinski definition) is 0. The summed E-state index contributed by atoms with van der Waals surface area (Å²) in [5.41, 5.74) is 7.16. The lowest BCUT2D eigenvalue weighted by atomic mass is 9.97. The van der Waals surface area contributed by atoms with E-state index in [1.165, 1.54) is 6.26 Å². The van der Waals surface area contributed by atoms with Gasteiger partial charge in [0.05, 0.1) is 30.2 Å². The first kappa shape index (κ1) is 27.3. The number of fused-ring (bicyclic) bond motifs is 1. The van der Waals surface area contributed by atoms with E-state index in [0.29, 0.717) is 32.5 Å². The minimum atomic E-state index is -2.98. The van der Waals surface area contributed by atoms with Crippen molar-refractivity contribution < 1.29 is 22.7 Å². The van der Waals surface area contributed by atoms with Crippen LogP contribution in [0.5, 0.6) is 5.75 Å². The second-order valence-electron chi connectivity index (χ2n) is 9.42. The molecule has 0 aliphatic heterocycles. The van der Waals surface area contributed by atoms with Gasteiger partial charge in [0, 0.05) is 23.6 Å². The highest BCUT2D eigenvalue weighted by Gasteiger charge is 2.09. The number of nitrogens with zero attached hydrogens (tertiary/aromatic N) is 1. The number of sulfone groups is 1. The van der Waals surface area contributed by atoms with Crippen molar-refractivity contribution >= 4 is 26.7 Å². The molecule has 1 heterocycles. The molecule has 4 aromatic rings. The molecule has 0 unspecified atom stereocenters. The molecule has 1 aromatic heterocycles. The third-order valence-electron chi connectivity index (χ3n) is 6.27. The lowest BCUT2D eigenvalue weighted by Gasteiger charge is -2.12. The van der Waals surface area contributed by atoms with Crippen LogP contribution in [-0.2, 0) is 25.8 Å². The van der Waals surface area contributed by atoms with Gasteiger partial charge in [0.2, 0.25) is 0 Å². The van der Waals surface area contributed by atoms with Crippen LogP contribution in [0.15, 0.2) is 72.8 Å². The molecule has 7 heteroatoms. The predicted octanol–water partition coefficient (Wildman–Crippen LogP) is 6.19. The first-order valence-corrected chi connectivity index (χ1v) is 14.9. The van der Waals surface area contributed by atoms with Gasteiger partial charge in [0.15, 0.2) is 0 Å². The fraction of sp³-hybridized carbons (Fsp3) is 0.290. The van der Waals surface area contributed by atoms with Gasteiger partial charge in [-0.3, -0.25) is 4.79 Å². The van der Waals surface area contributed by atoms with Gasteiger partial charge in [-0.15, -0.1) is 0 Å². The molecule has 0 N–H and O–H groups in total. The SMILES string of the molecule is CCOC(=O)CCc1ccc2nc(-c3cccc(-c4ccc(OCCCS(C)(=O)=O)cc4C)c3)ccc2c1. The van der Waals surface area contributed by atoms with E-state index >= 15 is 0 Å². The zero-order valence-corrected chi connectivity index (χ0v) is 22.9. The standard InChI is InChI=1S/C31H33NO5S/c1-4-36-31(33)16-10-23-9-14-29-26(20-23)11-15-30(32-29)25-8-5-7-24(21-25)28-13-12-27(19-22(28)2)37-17-6-18-38(3,34)35/h5,7-9,11-15,19-21H,4,6,10,16-18H2,1-3H3. The van der Waals surface area contributed by atoms with Crippen molar-refractivity contribution in [2.75, 3.05) is 25.2 Å². The molecule has 38 heavy (non-hydrogen) atoms. The number of esters is 1. The first-order valence-electron chi connectivity index (χ1n) is 12.8. The van der Waals surface area contributed by atoms with E-state index in [-0.39, 0.29) is 11.7 Å². The molecule has 0 fully saturated rings. The normalized spacial score (nSPS) is 11.4. The zero-order valence-electron chi connectivity index (χ0n) is 22.1. The largest absolute Gasteiger partial charge is 0.494 e. The Balaban J connectivity index is 1.48. The van der Waals surface area contributed by atoms with Crippen LogP contribution in [0, 0.1) is 6.92 Å². The highest BCUT2D eigenvalue weighted by atomic mass is 32.2. The van der Waals surface area contributed by atoms with Gasteiger partial charge in [-0.25, -0.2) is 13.4 Å². The first-order chi connectivity index (χ1) is 18.2. The monoisotopic (exact) mass is 531 g/mol. The van der Waals surface area contributed by atoms with Crippen LogP contribution in [-0.4, -0.2) is 44.6 Å². The average Bonchev–Trinajstić information content (AvgIpc) is 2.89. The Labute approximate surface area is 224 Å². The molecule has 0 spiro atoms. The molecule has 0 aliphatic carbocycles. The van der Waals surface area contributed by atoms with E-state index in [0.717, 1.165) is 50.2 Å². The summed E-state index contributed by atoms with van der Waals surface area (Å²) in [5.74, 6) is 0.674. The van der Waals surface area contributed by atoms with Crippen molar-refractivity contribution in [3.63, 3.8) is 0 Å². The van der Waals surface area contributed by atoms with E-state index in [4.69, 9.17) is 14.5 Å². The summed E-state index contributed by atoms with van der Waals surface area (Å²) in [6.07, 6.45) is 2.71. The Morgan fingerprint density at radius 3 is 2.53 bits per heavy atom. The van der Waals surface area contributed by atoms with Crippen molar-refractivity contribution in [2.24, 2.45) is 0 Å². The number of aryl methyl sites for hydroxylation is 2. The number of ether oxygens (including phenoxy) is 2. The molecule has 0 atom stereocenters. The average molecular weight is 532 g/mol. The second kappa shape index (κ2) is 12.2. The smallest absolute Gasteiger partial charge is 0.306 e. The summed E-state index contributed by atoms with van der Waals surface area (Å²) in [7, 11) is -2.98. The molecule has 0 aliphatic rings. The number of carbonyl (C=O) groups excluding carboxylic acids is 1. The van der Waals surface area contributed by atoms with Crippen LogP contribution in [0.25, 0.3) is 33.3 Å². The summed E-state index contributed by atoms with van der Waals surface area (Å²) in [6.45, 7) is 4.62. The van der Waals surface area contributed by atoms with Crippen LogP contribution in [0.3, 0.4) is 0 Å². The molecular formula is C31H33NO5S. The van der Waals surface area contributed by atoms with Gasteiger partial charge in [-0.2, -0.15) is 0 Å². The second-order valence-corrected chi connectivity index (χ2v) is 11.7. The lowest BCUT2D eigenvalue weighted by Crippen LogP contribution is -2.08. The maximum absolute atomic E-state index is 11.7. The highest BCUT2D eigenvalue weighted by Crippen LogP contribution is 2.31. The molecule has 3 aromatic carbocycles. The number of carbonyl (C=O) groups is 1. The third-order valence-corrected chi connectivity index (χ3v) is 7.30. The van der Waals surface area contributed by atoms with Crippen molar-refractivity contribution in [1.29, 1.82) is 0 Å². The molecule has 0 saturated heterocycles. The Morgan fingerprint density at radius 2 is 1.76 bits per heavy atom. The summed E-state index contributed by atoms with van der Waals surface area (Å²) in [6, 6.07) is 24.4. The fourth-order valence-electron chi connectivity index (χ4n) is 4.38. The number of hydrogen-bond acceptors (Lipinski definition) is 6. The Kier molecular flexibility index (Phi) is 8.79. The Morgan fingerprint density at radius 1 is 0.947 bits per heavy atom. The third kappa shape index (κ3) is 7.42. The number of aromatic nitrogens is 1. The maximum atomic E-state index is 11.7. The van der Waals surface area contributed by atoms with Gasteiger partial charge < -0.3 is 9.47 Å². The highest BCUT2D eigenvalue weighted by molar-refractivity contribution is 7.90. The topological polar surface area (TPSA) is 82.6 Å². The molecule has 0 saturated carbocycles. The van der Waals surface area contributed by atoms with Crippen molar-refractivity contribution in [2.45, 2.75) is 33.1 Å². The van der Waals surface area contributed by atoms with Gasteiger partial charge in [-0.05, 0) is 85.3 Å². The van der Waals surface area contributed by atoms with Crippen molar-refractivity contribution in [3.05, 3.63) is 83.9 Å². The van der Waals surface area contributed by atoms with Crippen molar-refractivity contribution in [1.82, 2.24) is 4.98 Å². The minimum Gasteiger partial charge on any atom is -0.494 e. The predicted molar refractivity (Wildman–Crippen MR) is 152 cm³/mol. The van der Waals surface area contributed by atoms with E-state index in [1.807, 2.05) is 56.3 Å². The molecule has 0 bridgehead atoms. The molecule has 4 rings (SSSR count). The van der Waals surface area contributed by atoms with E-state index in [9.17, 15) is 13.2 Å². The summed E-state index contributed by atoms with van der Waals surface area (Å²) >= 11 is 0. The number of benzene rings is 3. The van der Waals surface area contributed by atoms with Gasteiger partial charge in [0.1, 0.15) is 15.6 Å². The minimum absolute atomic E-state index is 0.121. The molecular weight excluding hydrogens is 498 g/mol.